The minimum Gasteiger partial charge on any atom is -0.450 e. The maximum absolute atomic E-state index is 11.9. The van der Waals surface area contributed by atoms with Crippen molar-refractivity contribution in [2.24, 2.45) is 4.99 Å². The van der Waals surface area contributed by atoms with Crippen LogP contribution in [0.2, 0.25) is 0 Å². The molecular formula is C18H34IN5O4. The van der Waals surface area contributed by atoms with Crippen LogP contribution in [0.5, 0.6) is 0 Å². The van der Waals surface area contributed by atoms with Crippen molar-refractivity contribution in [3.8, 4) is 0 Å². The molecule has 2 aliphatic rings. The number of nitrogens with one attached hydrogen (secondary N) is 1. The topological polar surface area (TPSA) is 86.7 Å². The van der Waals surface area contributed by atoms with Crippen LogP contribution in [0, 0.1) is 0 Å². The van der Waals surface area contributed by atoms with Crippen LogP contribution in [-0.2, 0) is 14.3 Å². The summed E-state index contributed by atoms with van der Waals surface area (Å²) < 4.78 is 10.8. The van der Waals surface area contributed by atoms with Gasteiger partial charge < -0.3 is 29.5 Å². The molecule has 0 aromatic rings. The molecule has 1 N–H and O–H groups in total. The molecule has 162 valence electrons. The molecule has 0 radical (unpaired) electrons. The lowest BCUT2D eigenvalue weighted by molar-refractivity contribution is -0.127. The summed E-state index contributed by atoms with van der Waals surface area (Å²) in [5.74, 6) is 0.649. The summed E-state index contributed by atoms with van der Waals surface area (Å²) in [5.41, 5.74) is 0. The van der Waals surface area contributed by atoms with Gasteiger partial charge in [0.2, 0.25) is 5.91 Å². The summed E-state index contributed by atoms with van der Waals surface area (Å²) in [6, 6.07) is 0. The molecule has 10 heteroatoms. The van der Waals surface area contributed by atoms with Crippen molar-refractivity contribution in [1.82, 2.24) is 20.0 Å². The molecule has 1 atom stereocenters. The largest absolute Gasteiger partial charge is 0.450 e. The standard InChI is InChI=1S/C18H33N5O4.HI/c1-4-26-18(25)23-10-8-22(9-11-23)17(20-14-16(24)21(2)3)19-13-15-7-5-6-12-27-15;/h15H,4-14H2,1-3H3,(H,19,20);1H. The Kier molecular flexibility index (Phi) is 11.5. The van der Waals surface area contributed by atoms with Gasteiger partial charge in [0.15, 0.2) is 5.96 Å². The normalized spacial score (nSPS) is 20.2. The van der Waals surface area contributed by atoms with Crippen molar-refractivity contribution in [3.05, 3.63) is 0 Å². The number of hydrogen-bond donors (Lipinski definition) is 1. The van der Waals surface area contributed by atoms with Crippen molar-refractivity contribution in [3.63, 3.8) is 0 Å². The Morgan fingerprint density at radius 1 is 1.18 bits per heavy atom. The Morgan fingerprint density at radius 3 is 2.43 bits per heavy atom. The number of carbonyl (C=O) groups excluding carboxylic acids is 2. The van der Waals surface area contributed by atoms with Gasteiger partial charge in [-0.3, -0.25) is 4.79 Å². The van der Waals surface area contributed by atoms with E-state index >= 15 is 0 Å². The number of carbonyl (C=O) groups is 2. The quantitative estimate of drug-likeness (QED) is 0.337. The molecule has 9 nitrogen and oxygen atoms in total. The molecule has 1 unspecified atom stereocenters. The maximum atomic E-state index is 11.9. The number of ether oxygens (including phenoxy) is 2. The molecule has 2 aliphatic heterocycles. The summed E-state index contributed by atoms with van der Waals surface area (Å²) in [6.07, 6.45) is 3.23. The van der Waals surface area contributed by atoms with Gasteiger partial charge in [-0.2, -0.15) is 0 Å². The highest BCUT2D eigenvalue weighted by Crippen LogP contribution is 2.12. The van der Waals surface area contributed by atoms with Crippen LogP contribution in [0.15, 0.2) is 4.99 Å². The average Bonchev–Trinajstić information content (AvgIpc) is 2.69. The zero-order valence-electron chi connectivity index (χ0n) is 17.2. The van der Waals surface area contributed by atoms with E-state index in [1.807, 2.05) is 0 Å². The zero-order chi connectivity index (χ0) is 19.6. The third kappa shape index (κ3) is 7.98. The molecule has 2 saturated heterocycles. The van der Waals surface area contributed by atoms with Gasteiger partial charge in [0.1, 0.15) is 6.54 Å². The first-order valence-electron chi connectivity index (χ1n) is 9.78. The summed E-state index contributed by atoms with van der Waals surface area (Å²) in [5, 5.41) is 3.37. The highest BCUT2D eigenvalue weighted by Gasteiger charge is 2.25. The zero-order valence-corrected chi connectivity index (χ0v) is 19.5. The van der Waals surface area contributed by atoms with E-state index in [2.05, 4.69) is 15.2 Å². The van der Waals surface area contributed by atoms with E-state index in [1.54, 1.807) is 25.9 Å². The van der Waals surface area contributed by atoms with Crippen molar-refractivity contribution in [1.29, 1.82) is 0 Å². The molecule has 2 rings (SSSR count). The smallest absolute Gasteiger partial charge is 0.409 e. The molecule has 0 bridgehead atoms. The van der Waals surface area contributed by atoms with Crippen LogP contribution in [-0.4, -0.2) is 105 Å². The number of amides is 2. The maximum Gasteiger partial charge on any atom is 0.409 e. The Bertz CT molecular complexity index is 518. The first kappa shape index (κ1) is 24.7. The molecular weight excluding hydrogens is 477 g/mol. The first-order chi connectivity index (χ1) is 13.0. The van der Waals surface area contributed by atoms with Gasteiger partial charge in [-0.05, 0) is 26.2 Å². The minimum absolute atomic E-state index is 0. The van der Waals surface area contributed by atoms with E-state index in [1.165, 1.54) is 11.3 Å². The number of halogens is 1. The van der Waals surface area contributed by atoms with Crippen LogP contribution in [0.3, 0.4) is 0 Å². The number of aliphatic imine (C=N–C) groups is 1. The Balaban J connectivity index is 0.00000392. The summed E-state index contributed by atoms with van der Waals surface area (Å²) in [4.78, 5) is 33.6. The Labute approximate surface area is 184 Å². The second-order valence-electron chi connectivity index (χ2n) is 6.97. The van der Waals surface area contributed by atoms with E-state index in [9.17, 15) is 9.59 Å². The number of hydrogen-bond acceptors (Lipinski definition) is 5. The third-order valence-electron chi connectivity index (χ3n) is 4.73. The fraction of sp³-hybridized carbons (Fsp3) is 0.833. The van der Waals surface area contributed by atoms with Crippen molar-refractivity contribution in [2.45, 2.75) is 32.3 Å². The predicted molar refractivity (Wildman–Crippen MR) is 118 cm³/mol. The minimum atomic E-state index is -0.276. The molecule has 0 spiro atoms. The molecule has 0 saturated carbocycles. The number of piperazine rings is 1. The van der Waals surface area contributed by atoms with Gasteiger partial charge in [0.25, 0.3) is 0 Å². The summed E-state index contributed by atoms with van der Waals surface area (Å²) in [7, 11) is 3.44. The number of likely N-dealkylation sites (N-methyl/N-ethyl adjacent to an activating group) is 1. The molecule has 0 aromatic heterocycles. The number of nitrogens with zero attached hydrogens (tertiary/aromatic N) is 4. The highest BCUT2D eigenvalue weighted by molar-refractivity contribution is 14.0. The fourth-order valence-electron chi connectivity index (χ4n) is 3.04. The van der Waals surface area contributed by atoms with E-state index in [4.69, 9.17) is 9.47 Å². The molecule has 2 heterocycles. The van der Waals surface area contributed by atoms with E-state index < -0.39 is 0 Å². The molecule has 28 heavy (non-hydrogen) atoms. The molecule has 2 fully saturated rings. The Hall–Kier alpha value is -1.30. The van der Waals surface area contributed by atoms with Gasteiger partial charge in [0.05, 0.1) is 12.7 Å². The Morgan fingerprint density at radius 2 is 1.86 bits per heavy atom. The second kappa shape index (κ2) is 13.0. The highest BCUT2D eigenvalue weighted by atomic mass is 127. The van der Waals surface area contributed by atoms with Crippen molar-refractivity contribution >= 4 is 41.9 Å². The lowest BCUT2D eigenvalue weighted by atomic mass is 10.1. The van der Waals surface area contributed by atoms with Crippen LogP contribution in [0.25, 0.3) is 0 Å². The average molecular weight is 511 g/mol. The SMILES string of the molecule is CCOC(=O)N1CCN(C(=NCC(=O)N(C)C)NCC2CCCCO2)CC1.I. The van der Waals surface area contributed by atoms with Crippen LogP contribution in [0.4, 0.5) is 4.79 Å². The predicted octanol–water partition coefficient (Wildman–Crippen LogP) is 0.981. The van der Waals surface area contributed by atoms with Gasteiger partial charge >= 0.3 is 6.09 Å². The third-order valence-corrected chi connectivity index (χ3v) is 4.73. The summed E-state index contributed by atoms with van der Waals surface area (Å²) in [6.45, 7) is 6.18. The van der Waals surface area contributed by atoms with Crippen LogP contribution >= 0.6 is 24.0 Å². The number of rotatable bonds is 5. The molecule has 0 aromatic carbocycles. The van der Waals surface area contributed by atoms with E-state index in [0.29, 0.717) is 45.3 Å². The van der Waals surface area contributed by atoms with E-state index in [-0.39, 0.29) is 48.6 Å². The monoisotopic (exact) mass is 511 g/mol. The van der Waals surface area contributed by atoms with Crippen molar-refractivity contribution in [2.75, 3.05) is 66.6 Å². The van der Waals surface area contributed by atoms with Gasteiger partial charge in [-0.15, -0.1) is 24.0 Å². The first-order valence-corrected chi connectivity index (χ1v) is 9.78. The van der Waals surface area contributed by atoms with E-state index in [0.717, 1.165) is 19.4 Å². The molecule has 0 aliphatic carbocycles. The van der Waals surface area contributed by atoms with Crippen LogP contribution in [0.1, 0.15) is 26.2 Å². The fourth-order valence-corrected chi connectivity index (χ4v) is 3.04. The van der Waals surface area contributed by atoms with Crippen LogP contribution < -0.4 is 5.32 Å². The number of guanidine groups is 1. The van der Waals surface area contributed by atoms with Gasteiger partial charge in [-0.25, -0.2) is 9.79 Å². The lowest BCUT2D eigenvalue weighted by Gasteiger charge is -2.36. The van der Waals surface area contributed by atoms with Gasteiger partial charge in [0, 0.05) is 53.4 Å². The second-order valence-corrected chi connectivity index (χ2v) is 6.97. The van der Waals surface area contributed by atoms with Crippen molar-refractivity contribution < 1.29 is 19.1 Å². The summed E-state index contributed by atoms with van der Waals surface area (Å²) >= 11 is 0. The van der Waals surface area contributed by atoms with Gasteiger partial charge in [-0.1, -0.05) is 0 Å². The lowest BCUT2D eigenvalue weighted by Crippen LogP contribution is -2.55. The molecule has 2 amide bonds.